The molecule has 0 N–H and O–H groups in total. The van der Waals surface area contributed by atoms with Gasteiger partial charge in [0.2, 0.25) is 0 Å². The van der Waals surface area contributed by atoms with Crippen LogP contribution in [-0.2, 0) is 8.85 Å². The summed E-state index contributed by atoms with van der Waals surface area (Å²) in [5.41, 5.74) is 0. The summed E-state index contributed by atoms with van der Waals surface area (Å²) in [5, 5.41) is 8.57. The predicted molar refractivity (Wildman–Crippen MR) is 68.4 cm³/mol. The Balaban J connectivity index is 4.22. The smallest absolute Gasteiger partial charge is 0.337 e. The first-order valence-corrected chi connectivity index (χ1v) is 8.62. The van der Waals surface area contributed by atoms with Crippen LogP contribution in [0.2, 0.25) is 12.1 Å². The molecule has 0 bridgehead atoms. The summed E-state index contributed by atoms with van der Waals surface area (Å²) in [5.74, 6) is 0. The summed E-state index contributed by atoms with van der Waals surface area (Å²) in [6.45, 7) is 7.95. The van der Waals surface area contributed by atoms with Gasteiger partial charge in [0.25, 0.3) is 0 Å². The molecule has 4 heteroatoms. The molecule has 0 unspecified atom stereocenters. The van der Waals surface area contributed by atoms with E-state index in [4.69, 9.17) is 14.1 Å². The summed E-state index contributed by atoms with van der Waals surface area (Å²) in [7, 11) is -2.00. The van der Waals surface area contributed by atoms with E-state index in [0.29, 0.717) is 6.42 Å². The Morgan fingerprint density at radius 3 is 2.00 bits per heavy atom. The van der Waals surface area contributed by atoms with Crippen molar-refractivity contribution in [2.24, 2.45) is 0 Å². The van der Waals surface area contributed by atoms with E-state index in [-0.39, 0.29) is 0 Å². The molecule has 0 saturated carbocycles. The minimum Gasteiger partial charge on any atom is -0.394 e. The van der Waals surface area contributed by atoms with Gasteiger partial charge >= 0.3 is 8.56 Å². The molecule has 0 aromatic carbocycles. The number of hydrogen-bond donors (Lipinski definition) is 0. The van der Waals surface area contributed by atoms with Gasteiger partial charge in [-0.25, -0.2) is 0 Å². The van der Waals surface area contributed by atoms with Crippen LogP contribution >= 0.6 is 0 Å². The molecule has 16 heavy (non-hydrogen) atoms. The van der Waals surface area contributed by atoms with Crippen LogP contribution in [0.25, 0.3) is 0 Å². The molecular formula is C12H25NO2Si. The maximum atomic E-state index is 8.57. The van der Waals surface area contributed by atoms with Crippen LogP contribution in [0.5, 0.6) is 0 Å². The maximum Gasteiger partial charge on any atom is 0.337 e. The molecule has 0 aliphatic rings. The summed E-state index contributed by atoms with van der Waals surface area (Å²) in [6.07, 6.45) is 3.58. The standard InChI is InChI=1S/C12H25NO2Si/c1-4-10-14-16(6-3,15-11-5-2)12-8-7-9-13/h4-8,10-12H2,1-3H3. The third kappa shape index (κ3) is 6.26. The number of nitrogens with zero attached hydrogens (tertiary/aromatic N) is 1. The third-order valence-electron chi connectivity index (χ3n) is 2.52. The number of nitriles is 1. The highest BCUT2D eigenvalue weighted by atomic mass is 28.4. The van der Waals surface area contributed by atoms with Crippen LogP contribution in [-0.4, -0.2) is 21.8 Å². The second-order valence-corrected chi connectivity index (χ2v) is 7.58. The topological polar surface area (TPSA) is 42.2 Å². The van der Waals surface area contributed by atoms with Gasteiger partial charge in [-0.15, -0.1) is 0 Å². The fourth-order valence-corrected chi connectivity index (χ4v) is 4.58. The first-order chi connectivity index (χ1) is 7.74. The van der Waals surface area contributed by atoms with Gasteiger partial charge in [-0.05, 0) is 31.4 Å². The molecule has 0 heterocycles. The van der Waals surface area contributed by atoms with Gasteiger partial charge in [0.15, 0.2) is 0 Å². The van der Waals surface area contributed by atoms with Gasteiger partial charge in [0.1, 0.15) is 0 Å². The van der Waals surface area contributed by atoms with Gasteiger partial charge in [-0.3, -0.25) is 0 Å². The van der Waals surface area contributed by atoms with Crippen LogP contribution < -0.4 is 0 Å². The van der Waals surface area contributed by atoms with Gasteiger partial charge in [0.05, 0.1) is 6.07 Å². The number of rotatable bonds is 10. The first kappa shape index (κ1) is 15.6. The van der Waals surface area contributed by atoms with Gasteiger partial charge in [-0.1, -0.05) is 20.8 Å². The van der Waals surface area contributed by atoms with E-state index in [1.54, 1.807) is 0 Å². The zero-order chi connectivity index (χ0) is 12.3. The Morgan fingerprint density at radius 1 is 1.06 bits per heavy atom. The highest BCUT2D eigenvalue weighted by Crippen LogP contribution is 2.22. The molecule has 0 amide bonds. The van der Waals surface area contributed by atoms with E-state index in [0.717, 1.165) is 44.6 Å². The van der Waals surface area contributed by atoms with Gasteiger partial charge in [-0.2, -0.15) is 5.26 Å². The van der Waals surface area contributed by atoms with Crippen molar-refractivity contribution in [2.75, 3.05) is 13.2 Å². The molecule has 0 spiro atoms. The second-order valence-electron chi connectivity index (χ2n) is 3.97. The van der Waals surface area contributed by atoms with Crippen molar-refractivity contribution in [3.63, 3.8) is 0 Å². The largest absolute Gasteiger partial charge is 0.394 e. The van der Waals surface area contributed by atoms with Crippen LogP contribution in [0.4, 0.5) is 0 Å². The molecule has 0 atom stereocenters. The van der Waals surface area contributed by atoms with E-state index < -0.39 is 8.56 Å². The molecule has 0 aliphatic heterocycles. The van der Waals surface area contributed by atoms with E-state index in [9.17, 15) is 0 Å². The SMILES string of the molecule is CCCO[Si](CC)(CCCC#N)OCCC. The lowest BCUT2D eigenvalue weighted by Gasteiger charge is -2.29. The van der Waals surface area contributed by atoms with E-state index >= 15 is 0 Å². The minimum absolute atomic E-state index is 0.611. The Morgan fingerprint density at radius 2 is 1.62 bits per heavy atom. The molecule has 0 aromatic rings. The third-order valence-corrected chi connectivity index (χ3v) is 6.18. The normalized spacial score (nSPS) is 11.4. The summed E-state index contributed by atoms with van der Waals surface area (Å²) >= 11 is 0. The molecule has 0 saturated heterocycles. The first-order valence-electron chi connectivity index (χ1n) is 6.39. The molecule has 0 rings (SSSR count). The predicted octanol–water partition coefficient (Wildman–Crippen LogP) is 3.61. The molecule has 0 aliphatic carbocycles. The fourth-order valence-electron chi connectivity index (χ4n) is 1.58. The van der Waals surface area contributed by atoms with Crippen molar-refractivity contribution in [3.8, 4) is 6.07 Å². The number of hydrogen-bond acceptors (Lipinski definition) is 3. The Bertz CT molecular complexity index is 196. The summed E-state index contributed by atoms with van der Waals surface area (Å²) in [4.78, 5) is 0. The van der Waals surface area contributed by atoms with E-state index in [2.05, 4.69) is 26.8 Å². The quantitative estimate of drug-likeness (QED) is 0.435. The number of unbranched alkanes of at least 4 members (excludes halogenated alkanes) is 1. The second kappa shape index (κ2) is 9.82. The fraction of sp³-hybridized carbons (Fsp3) is 0.917. The zero-order valence-corrected chi connectivity index (χ0v) is 11.9. The van der Waals surface area contributed by atoms with E-state index in [1.807, 2.05) is 0 Å². The Kier molecular flexibility index (Phi) is 9.60. The molecule has 3 nitrogen and oxygen atoms in total. The minimum atomic E-state index is -2.00. The van der Waals surface area contributed by atoms with Crippen molar-refractivity contribution >= 4 is 8.56 Å². The lowest BCUT2D eigenvalue weighted by Crippen LogP contribution is -2.42. The van der Waals surface area contributed by atoms with Gasteiger partial charge < -0.3 is 8.85 Å². The van der Waals surface area contributed by atoms with Crippen molar-refractivity contribution < 1.29 is 8.85 Å². The average molecular weight is 243 g/mol. The zero-order valence-electron chi connectivity index (χ0n) is 10.9. The molecule has 0 fully saturated rings. The van der Waals surface area contributed by atoms with E-state index in [1.165, 1.54) is 0 Å². The Hall–Kier alpha value is -0.373. The van der Waals surface area contributed by atoms with Crippen LogP contribution in [0, 0.1) is 11.3 Å². The highest BCUT2D eigenvalue weighted by molar-refractivity contribution is 6.67. The molecule has 94 valence electrons. The monoisotopic (exact) mass is 243 g/mol. The van der Waals surface area contributed by atoms with Crippen LogP contribution in [0.3, 0.4) is 0 Å². The lowest BCUT2D eigenvalue weighted by molar-refractivity contribution is 0.167. The summed E-state index contributed by atoms with van der Waals surface area (Å²) in [6, 6.07) is 4.13. The highest BCUT2D eigenvalue weighted by Gasteiger charge is 2.34. The van der Waals surface area contributed by atoms with Crippen molar-refractivity contribution in [3.05, 3.63) is 0 Å². The molecule has 0 radical (unpaired) electrons. The molecular weight excluding hydrogens is 218 g/mol. The van der Waals surface area contributed by atoms with Crippen LogP contribution in [0.1, 0.15) is 46.5 Å². The average Bonchev–Trinajstić information content (AvgIpc) is 2.32. The Labute approximate surface area is 101 Å². The molecule has 0 aromatic heterocycles. The maximum absolute atomic E-state index is 8.57. The van der Waals surface area contributed by atoms with Crippen molar-refractivity contribution in [1.82, 2.24) is 0 Å². The van der Waals surface area contributed by atoms with Crippen molar-refractivity contribution in [1.29, 1.82) is 5.26 Å². The van der Waals surface area contributed by atoms with Gasteiger partial charge in [0, 0.05) is 19.6 Å². The lowest BCUT2D eigenvalue weighted by atomic mass is 10.4. The summed E-state index contributed by atoms with van der Waals surface area (Å²) < 4.78 is 12.0. The van der Waals surface area contributed by atoms with Crippen LogP contribution in [0.15, 0.2) is 0 Å². The van der Waals surface area contributed by atoms with Crippen molar-refractivity contribution in [2.45, 2.75) is 58.5 Å².